The molecule has 0 rings (SSSR count). The van der Waals surface area contributed by atoms with E-state index in [4.69, 9.17) is 0 Å². The molecule has 0 aliphatic rings. The second-order valence-corrected chi connectivity index (χ2v) is 12.2. The van der Waals surface area contributed by atoms with Crippen LogP contribution in [0.3, 0.4) is 0 Å². The molecule has 0 saturated carbocycles. The van der Waals surface area contributed by atoms with Gasteiger partial charge in [-0.25, -0.2) is 0 Å². The van der Waals surface area contributed by atoms with Crippen LogP contribution < -0.4 is 0 Å². The molecule has 0 unspecified atom stereocenters. The van der Waals surface area contributed by atoms with Gasteiger partial charge in [0.15, 0.2) is 0 Å². The zero-order chi connectivity index (χ0) is 4.50. The Bertz CT molecular complexity index is 53.0. The number of hydrogen-bond acceptors (Lipinski definition) is 1. The van der Waals surface area contributed by atoms with E-state index in [0.29, 0.717) is 0 Å². The van der Waals surface area contributed by atoms with Gasteiger partial charge in [-0.1, -0.05) is 0 Å². The van der Waals surface area contributed by atoms with Crippen LogP contribution in [0.4, 0.5) is 0 Å². The summed E-state index contributed by atoms with van der Waals surface area (Å²) >= 11 is 0. The van der Waals surface area contributed by atoms with Crippen LogP contribution in [0.5, 0.6) is 0 Å². The van der Waals surface area contributed by atoms with Crippen LogP contribution in [0.1, 0.15) is 0 Å². The van der Waals surface area contributed by atoms with E-state index in [1.807, 2.05) is 0 Å². The third-order valence-corrected chi connectivity index (χ3v) is 0. The zero-order valence-electron chi connectivity index (χ0n) is 1.99. The quantitative estimate of drug-likeness (QED) is 0.539. The predicted octanol–water partition coefficient (Wildman–Crippen LogP) is 1.57. The van der Waals surface area contributed by atoms with Crippen molar-refractivity contribution >= 4 is 40.5 Å². The zero-order valence-corrected chi connectivity index (χ0v) is 6.13. The molecular formula is AsCl3O. The Hall–Kier alpha value is 1.23. The van der Waals surface area contributed by atoms with Gasteiger partial charge in [-0.3, -0.25) is 0 Å². The first-order valence-corrected chi connectivity index (χ1v) is 8.85. The van der Waals surface area contributed by atoms with Crippen molar-refractivity contribution in [3.63, 3.8) is 0 Å². The summed E-state index contributed by atoms with van der Waals surface area (Å²) < 4.78 is 9.57. The first-order chi connectivity index (χ1) is 2.00. The molecule has 0 aromatic rings. The maximum absolute atomic E-state index is 9.57. The number of hydrogen-bond donors (Lipinski definition) is 0. The topological polar surface area (TPSA) is 17.1 Å². The van der Waals surface area contributed by atoms with E-state index in [2.05, 4.69) is 29.8 Å². The van der Waals surface area contributed by atoms with Crippen molar-refractivity contribution in [2.45, 2.75) is 0 Å². The van der Waals surface area contributed by atoms with E-state index in [1.165, 1.54) is 0 Å². The molecule has 0 radical (unpaired) electrons. The van der Waals surface area contributed by atoms with E-state index in [0.717, 1.165) is 0 Å². The molecule has 1 nitrogen and oxygen atoms in total. The Morgan fingerprint density at radius 3 is 1.20 bits per heavy atom. The molecule has 0 amide bonds. The van der Waals surface area contributed by atoms with Crippen LogP contribution in [0.25, 0.3) is 0 Å². The summed E-state index contributed by atoms with van der Waals surface area (Å²) in [6.07, 6.45) is 0. The van der Waals surface area contributed by atoms with E-state index in [1.54, 1.807) is 0 Å². The second kappa shape index (κ2) is 1.79. The van der Waals surface area contributed by atoms with Crippen LogP contribution in [-0.4, -0.2) is 10.7 Å². The minimum atomic E-state index is -3.71. The maximum atomic E-state index is 9.57. The van der Waals surface area contributed by atoms with Gasteiger partial charge >= 0.3 is 44.3 Å². The summed E-state index contributed by atoms with van der Waals surface area (Å²) in [4.78, 5) is 0. The van der Waals surface area contributed by atoms with Crippen molar-refractivity contribution in [2.75, 3.05) is 0 Å². The predicted molar refractivity (Wildman–Crippen MR) is 24.0 cm³/mol. The monoisotopic (exact) mass is 196 g/mol. The van der Waals surface area contributed by atoms with Crippen molar-refractivity contribution < 1.29 is 3.74 Å². The van der Waals surface area contributed by atoms with Gasteiger partial charge in [-0.2, -0.15) is 0 Å². The van der Waals surface area contributed by atoms with Gasteiger partial charge in [0.1, 0.15) is 0 Å². The van der Waals surface area contributed by atoms with Crippen LogP contribution >= 0.6 is 29.8 Å². The summed E-state index contributed by atoms with van der Waals surface area (Å²) in [6, 6.07) is 0. The first kappa shape index (κ1) is 6.23. The van der Waals surface area contributed by atoms with E-state index < -0.39 is 10.7 Å². The van der Waals surface area contributed by atoms with Crippen molar-refractivity contribution in [3.8, 4) is 0 Å². The van der Waals surface area contributed by atoms with Crippen molar-refractivity contribution in [3.05, 3.63) is 0 Å². The Labute approximate surface area is 44.3 Å². The summed E-state index contributed by atoms with van der Waals surface area (Å²) in [5.41, 5.74) is 0. The van der Waals surface area contributed by atoms with Crippen LogP contribution in [-0.2, 0) is 3.74 Å². The van der Waals surface area contributed by atoms with Crippen LogP contribution in [0.15, 0.2) is 0 Å². The molecule has 0 atom stereocenters. The van der Waals surface area contributed by atoms with Gasteiger partial charge in [-0.05, 0) is 0 Å². The fourth-order valence-corrected chi connectivity index (χ4v) is 0. The normalized spacial score (nSPS) is 11.8. The van der Waals surface area contributed by atoms with Gasteiger partial charge in [-0.15, -0.1) is 0 Å². The van der Waals surface area contributed by atoms with Crippen LogP contribution in [0.2, 0.25) is 0 Å². The third-order valence-electron chi connectivity index (χ3n) is 0. The molecule has 0 bridgehead atoms. The van der Waals surface area contributed by atoms with Crippen molar-refractivity contribution in [2.24, 2.45) is 0 Å². The number of rotatable bonds is 0. The Morgan fingerprint density at radius 1 is 1.20 bits per heavy atom. The van der Waals surface area contributed by atoms with Crippen LogP contribution in [0, 0.1) is 0 Å². The molecule has 0 saturated heterocycles. The van der Waals surface area contributed by atoms with Gasteiger partial charge in [0, 0.05) is 0 Å². The molecule has 0 aromatic heterocycles. The molecule has 0 aliphatic heterocycles. The molecule has 0 aliphatic carbocycles. The van der Waals surface area contributed by atoms with Gasteiger partial charge in [0.25, 0.3) is 0 Å². The molecule has 0 fully saturated rings. The molecule has 5 heavy (non-hydrogen) atoms. The van der Waals surface area contributed by atoms with Gasteiger partial charge in [0.05, 0.1) is 0 Å². The number of halogens is 3. The molecule has 0 N–H and O–H groups in total. The summed E-state index contributed by atoms with van der Waals surface area (Å²) in [7, 11) is 10.3. The fraction of sp³-hybridized carbons (Fsp3) is 0. The molecule has 0 spiro atoms. The molecule has 0 heterocycles. The Balaban J connectivity index is 3.47. The summed E-state index contributed by atoms with van der Waals surface area (Å²) in [5, 5.41) is 0. The second-order valence-electron chi connectivity index (χ2n) is 0.399. The minimum absolute atomic E-state index is 3.71. The van der Waals surface area contributed by atoms with Crippen molar-refractivity contribution in [1.82, 2.24) is 0 Å². The van der Waals surface area contributed by atoms with Crippen molar-refractivity contribution in [1.29, 1.82) is 0 Å². The Morgan fingerprint density at radius 2 is 1.20 bits per heavy atom. The summed E-state index contributed by atoms with van der Waals surface area (Å²) in [6.45, 7) is 0. The molecule has 32 valence electrons. The molecule has 0 aromatic carbocycles. The van der Waals surface area contributed by atoms with E-state index in [9.17, 15) is 3.74 Å². The standard InChI is InChI=1S/AsCl3O/c2-1(3,4)5. The average Bonchev–Trinajstić information content (AvgIpc) is 0.722. The third kappa shape index (κ3) is 36.1. The van der Waals surface area contributed by atoms with E-state index >= 15 is 0 Å². The summed E-state index contributed by atoms with van der Waals surface area (Å²) in [5.74, 6) is 0. The first-order valence-electron chi connectivity index (χ1n) is 0.690. The molecule has 5 heteroatoms. The van der Waals surface area contributed by atoms with E-state index in [-0.39, 0.29) is 0 Å². The average molecular weight is 197 g/mol. The van der Waals surface area contributed by atoms with Gasteiger partial charge < -0.3 is 0 Å². The Kier molecular flexibility index (Phi) is 2.23. The SMILES string of the molecule is O=[As](Cl)(Cl)Cl. The fourth-order valence-electron chi connectivity index (χ4n) is 0. The molecular weight excluding hydrogens is 197 g/mol. The van der Waals surface area contributed by atoms with Gasteiger partial charge in [0.2, 0.25) is 0 Å².